The van der Waals surface area contributed by atoms with Crippen LogP contribution in [-0.4, -0.2) is 9.97 Å². The van der Waals surface area contributed by atoms with Crippen LogP contribution < -0.4 is 9.47 Å². The lowest BCUT2D eigenvalue weighted by Crippen LogP contribution is -2.05. The average molecular weight is 566 g/mol. The molecular formula is C16H2Br2F8N2O2. The normalized spacial score (nSPS) is 11.0. The van der Waals surface area contributed by atoms with Gasteiger partial charge >= 0.3 is 0 Å². The fourth-order valence-electron chi connectivity index (χ4n) is 2.01. The van der Waals surface area contributed by atoms with Crippen LogP contribution in [-0.2, 0) is 0 Å². The highest BCUT2D eigenvalue weighted by molar-refractivity contribution is 9.13. The monoisotopic (exact) mass is 564 g/mol. The molecule has 0 saturated carbocycles. The zero-order valence-corrected chi connectivity index (χ0v) is 16.8. The molecule has 30 heavy (non-hydrogen) atoms. The Bertz CT molecular complexity index is 1040. The minimum Gasteiger partial charge on any atom is -0.447 e. The molecule has 14 heteroatoms. The number of pyridine rings is 2. The number of halogens is 10. The number of hydrogen-bond acceptors (Lipinski definition) is 4. The summed E-state index contributed by atoms with van der Waals surface area (Å²) in [4.78, 5) is 4.68. The minimum atomic E-state index is -2.04. The van der Waals surface area contributed by atoms with Crippen molar-refractivity contribution < 1.29 is 44.6 Å². The molecule has 0 amide bonds. The Hall–Kier alpha value is -2.48. The van der Waals surface area contributed by atoms with Gasteiger partial charge in [0.2, 0.25) is 34.8 Å². The van der Waals surface area contributed by atoms with Crippen LogP contribution in [0.5, 0.6) is 23.0 Å². The third-order valence-electron chi connectivity index (χ3n) is 3.33. The predicted octanol–water partition coefficient (Wildman–Crippen LogP) is 6.70. The van der Waals surface area contributed by atoms with Gasteiger partial charge in [-0.3, -0.25) is 0 Å². The summed E-state index contributed by atoms with van der Waals surface area (Å²) in [6, 6.07) is 1.83. The van der Waals surface area contributed by atoms with E-state index in [0.29, 0.717) is 0 Å². The van der Waals surface area contributed by atoms with Gasteiger partial charge in [0.05, 0.1) is 0 Å². The highest BCUT2D eigenvalue weighted by atomic mass is 79.9. The molecule has 158 valence electrons. The van der Waals surface area contributed by atoms with Crippen LogP contribution in [0.3, 0.4) is 0 Å². The van der Waals surface area contributed by atoms with E-state index < -0.39 is 70.1 Å². The van der Waals surface area contributed by atoms with Crippen molar-refractivity contribution in [2.75, 3.05) is 0 Å². The van der Waals surface area contributed by atoms with Gasteiger partial charge in [-0.2, -0.15) is 45.1 Å². The maximum Gasteiger partial charge on any atom is 0.255 e. The average Bonchev–Trinajstić information content (AvgIpc) is 2.68. The first kappa shape index (κ1) is 22.2. The van der Waals surface area contributed by atoms with Crippen LogP contribution in [0.15, 0.2) is 21.1 Å². The van der Waals surface area contributed by atoms with E-state index in [4.69, 9.17) is 9.47 Å². The zero-order chi connectivity index (χ0) is 22.3. The second-order valence-electron chi connectivity index (χ2n) is 5.22. The second kappa shape index (κ2) is 8.34. The van der Waals surface area contributed by atoms with E-state index in [1.165, 1.54) is 0 Å². The zero-order valence-electron chi connectivity index (χ0n) is 13.6. The van der Waals surface area contributed by atoms with Gasteiger partial charge in [0.25, 0.3) is 23.8 Å². The Morgan fingerprint density at radius 3 is 1.07 bits per heavy atom. The number of ether oxygens (including phenoxy) is 2. The Kier molecular flexibility index (Phi) is 6.17. The SMILES string of the molecule is Fc1nc(F)c(F)c(Oc2cc(Br)c(Br)cc2Oc2c(F)c(F)nc(F)c2F)c1F. The van der Waals surface area contributed by atoms with Crippen molar-refractivity contribution in [1.82, 2.24) is 9.97 Å². The van der Waals surface area contributed by atoms with Crippen molar-refractivity contribution in [3.63, 3.8) is 0 Å². The lowest BCUT2D eigenvalue weighted by Gasteiger charge is -2.15. The second-order valence-corrected chi connectivity index (χ2v) is 6.93. The van der Waals surface area contributed by atoms with Gasteiger partial charge in [0, 0.05) is 21.1 Å². The van der Waals surface area contributed by atoms with E-state index in [0.717, 1.165) is 12.1 Å². The molecule has 0 N–H and O–H groups in total. The van der Waals surface area contributed by atoms with Crippen molar-refractivity contribution in [3.8, 4) is 23.0 Å². The third kappa shape index (κ3) is 4.05. The highest BCUT2D eigenvalue weighted by Crippen LogP contribution is 2.43. The van der Waals surface area contributed by atoms with E-state index in [1.807, 2.05) is 0 Å². The number of benzene rings is 1. The summed E-state index contributed by atoms with van der Waals surface area (Å²) in [6.07, 6.45) is 0. The van der Waals surface area contributed by atoms with E-state index >= 15 is 0 Å². The van der Waals surface area contributed by atoms with E-state index in [-0.39, 0.29) is 8.95 Å². The summed E-state index contributed by atoms with van der Waals surface area (Å²) in [6.45, 7) is 0. The molecule has 0 aliphatic rings. The number of hydrogen-bond donors (Lipinski definition) is 0. The molecular weight excluding hydrogens is 564 g/mol. The molecule has 0 fully saturated rings. The quantitative estimate of drug-likeness (QED) is 0.261. The largest absolute Gasteiger partial charge is 0.447 e. The molecule has 0 aliphatic heterocycles. The molecule has 0 spiro atoms. The van der Waals surface area contributed by atoms with Crippen molar-refractivity contribution in [3.05, 3.63) is 68.1 Å². The topological polar surface area (TPSA) is 44.2 Å². The van der Waals surface area contributed by atoms with Gasteiger partial charge < -0.3 is 9.47 Å². The van der Waals surface area contributed by atoms with Gasteiger partial charge in [0.1, 0.15) is 0 Å². The lowest BCUT2D eigenvalue weighted by molar-refractivity contribution is 0.319. The lowest BCUT2D eigenvalue weighted by atomic mass is 10.3. The Labute approximate surface area is 177 Å². The fourth-order valence-corrected chi connectivity index (χ4v) is 2.65. The minimum absolute atomic E-state index is 0.119. The Morgan fingerprint density at radius 2 is 0.800 bits per heavy atom. The molecule has 1 aromatic carbocycles. The summed E-state index contributed by atoms with van der Waals surface area (Å²) < 4.78 is 118. The Balaban J connectivity index is 2.15. The first-order valence-corrected chi connectivity index (χ1v) is 8.84. The molecule has 0 aliphatic carbocycles. The molecule has 3 rings (SSSR count). The van der Waals surface area contributed by atoms with Crippen LogP contribution in [0.25, 0.3) is 0 Å². The molecule has 0 saturated heterocycles. The molecule has 3 aromatic rings. The van der Waals surface area contributed by atoms with Crippen molar-refractivity contribution >= 4 is 31.9 Å². The van der Waals surface area contributed by atoms with Crippen LogP contribution in [0.1, 0.15) is 0 Å². The van der Waals surface area contributed by atoms with Crippen LogP contribution in [0.4, 0.5) is 35.1 Å². The Morgan fingerprint density at radius 1 is 0.533 bits per heavy atom. The van der Waals surface area contributed by atoms with Crippen LogP contribution in [0, 0.1) is 47.1 Å². The molecule has 0 atom stereocenters. The first-order chi connectivity index (χ1) is 14.0. The molecule has 4 nitrogen and oxygen atoms in total. The van der Waals surface area contributed by atoms with E-state index in [1.54, 1.807) is 0 Å². The van der Waals surface area contributed by atoms with E-state index in [2.05, 4.69) is 41.8 Å². The maximum atomic E-state index is 13.8. The van der Waals surface area contributed by atoms with Crippen molar-refractivity contribution in [1.29, 1.82) is 0 Å². The van der Waals surface area contributed by atoms with E-state index in [9.17, 15) is 35.1 Å². The maximum absolute atomic E-state index is 13.8. The number of aromatic nitrogens is 2. The van der Waals surface area contributed by atoms with Crippen LogP contribution in [0.2, 0.25) is 0 Å². The molecule has 2 aromatic heterocycles. The van der Waals surface area contributed by atoms with Crippen molar-refractivity contribution in [2.24, 2.45) is 0 Å². The molecule has 0 bridgehead atoms. The fraction of sp³-hybridized carbons (Fsp3) is 0. The summed E-state index contributed by atoms with van der Waals surface area (Å²) >= 11 is 5.98. The molecule has 2 heterocycles. The first-order valence-electron chi connectivity index (χ1n) is 7.26. The molecule has 0 radical (unpaired) electrons. The summed E-state index contributed by atoms with van der Waals surface area (Å²) in [5, 5.41) is 0. The van der Waals surface area contributed by atoms with Gasteiger partial charge in [-0.25, -0.2) is 0 Å². The summed E-state index contributed by atoms with van der Waals surface area (Å²) in [5.74, 6) is -21.0. The third-order valence-corrected chi connectivity index (χ3v) is 5.17. The number of nitrogens with zero attached hydrogens (tertiary/aromatic N) is 2. The van der Waals surface area contributed by atoms with Gasteiger partial charge in [-0.15, -0.1) is 0 Å². The van der Waals surface area contributed by atoms with Crippen molar-refractivity contribution in [2.45, 2.75) is 0 Å². The standard InChI is InChI=1S/C16H2Br2F8N2O2/c17-3-1-5(29-11-7(19)13(23)27-14(24)8(11)20)6(2-4(3)18)30-12-9(21)15(25)28-16(26)10(12)22/h1-2H. The summed E-state index contributed by atoms with van der Waals surface area (Å²) in [7, 11) is 0. The van der Waals surface area contributed by atoms with Gasteiger partial charge in [-0.1, -0.05) is 0 Å². The number of rotatable bonds is 4. The molecule has 0 unspecified atom stereocenters. The summed E-state index contributed by atoms with van der Waals surface area (Å²) in [5.41, 5.74) is 0. The highest BCUT2D eigenvalue weighted by Gasteiger charge is 2.27. The predicted molar refractivity (Wildman–Crippen MR) is 90.1 cm³/mol. The smallest absolute Gasteiger partial charge is 0.255 e. The van der Waals surface area contributed by atoms with Gasteiger partial charge in [0.15, 0.2) is 11.5 Å². The van der Waals surface area contributed by atoms with Crippen LogP contribution >= 0.6 is 31.9 Å². The van der Waals surface area contributed by atoms with Gasteiger partial charge in [-0.05, 0) is 31.9 Å².